The average molecular weight is 282 g/mol. The van der Waals surface area contributed by atoms with Gasteiger partial charge in [0.05, 0.1) is 18.8 Å². The molecule has 1 aromatic rings. The van der Waals surface area contributed by atoms with E-state index < -0.39 is 0 Å². The maximum Gasteiger partial charge on any atom is 0.323 e. The zero-order valence-electron chi connectivity index (χ0n) is 12.0. The van der Waals surface area contributed by atoms with E-state index in [2.05, 4.69) is 32.6 Å². The summed E-state index contributed by atoms with van der Waals surface area (Å²) in [5, 5.41) is 3.29. The van der Waals surface area contributed by atoms with Crippen LogP contribution < -0.4 is 21.3 Å². The van der Waals surface area contributed by atoms with E-state index in [0.717, 1.165) is 25.9 Å². The molecule has 2 rings (SSSR count). The van der Waals surface area contributed by atoms with Gasteiger partial charge in [0.25, 0.3) is 0 Å². The molecule has 1 aliphatic heterocycles. The van der Waals surface area contributed by atoms with Gasteiger partial charge in [-0.3, -0.25) is 5.43 Å². The van der Waals surface area contributed by atoms with Crippen LogP contribution in [0.2, 0.25) is 0 Å². The molecule has 1 unspecified atom stereocenters. The number of nitrogen functional groups attached to an aromatic ring is 1. The average Bonchev–Trinajstić information content (AvgIpc) is 2.45. The third-order valence-electron chi connectivity index (χ3n) is 3.03. The van der Waals surface area contributed by atoms with Crippen LogP contribution in [-0.4, -0.2) is 40.3 Å². The molecule has 0 bridgehead atoms. The highest BCUT2D eigenvalue weighted by atomic mass is 16.5. The maximum atomic E-state index is 5.50. The normalized spacial score (nSPS) is 22.4. The van der Waals surface area contributed by atoms with Crippen molar-refractivity contribution < 1.29 is 9.47 Å². The summed E-state index contributed by atoms with van der Waals surface area (Å²) in [6.07, 6.45) is 2.89. The number of ether oxygens (including phenoxy) is 2. The quantitative estimate of drug-likeness (QED) is 0.522. The van der Waals surface area contributed by atoms with Crippen molar-refractivity contribution in [2.45, 2.75) is 38.6 Å². The molecule has 8 nitrogen and oxygen atoms in total. The van der Waals surface area contributed by atoms with Gasteiger partial charge in [-0.2, -0.15) is 15.0 Å². The van der Waals surface area contributed by atoms with Gasteiger partial charge in [-0.15, -0.1) is 0 Å². The van der Waals surface area contributed by atoms with Crippen molar-refractivity contribution in [1.29, 1.82) is 0 Å². The number of nitrogens with one attached hydrogen (secondary N) is 2. The van der Waals surface area contributed by atoms with Gasteiger partial charge < -0.3 is 14.8 Å². The first kappa shape index (κ1) is 14.7. The molecule has 112 valence electrons. The van der Waals surface area contributed by atoms with Gasteiger partial charge in [0.15, 0.2) is 0 Å². The minimum absolute atomic E-state index is 0.187. The Morgan fingerprint density at radius 1 is 1.35 bits per heavy atom. The molecule has 0 amide bonds. The Morgan fingerprint density at radius 3 is 2.80 bits per heavy atom. The Kier molecular flexibility index (Phi) is 4.91. The second kappa shape index (κ2) is 6.67. The Morgan fingerprint density at radius 2 is 2.15 bits per heavy atom. The lowest BCUT2D eigenvalue weighted by Gasteiger charge is -2.34. The fourth-order valence-corrected chi connectivity index (χ4v) is 2.04. The molecule has 1 atom stereocenters. The fraction of sp³-hybridized carbons (Fsp3) is 0.750. The van der Waals surface area contributed by atoms with E-state index in [9.17, 15) is 0 Å². The van der Waals surface area contributed by atoms with Crippen molar-refractivity contribution in [2.24, 2.45) is 5.84 Å². The molecule has 1 aliphatic rings. The molecular weight excluding hydrogens is 260 g/mol. The summed E-state index contributed by atoms with van der Waals surface area (Å²) in [5.74, 6) is 6.08. The second-order valence-electron chi connectivity index (χ2n) is 5.10. The second-order valence-corrected chi connectivity index (χ2v) is 5.10. The summed E-state index contributed by atoms with van der Waals surface area (Å²) >= 11 is 0. The van der Waals surface area contributed by atoms with Crippen LogP contribution in [0.25, 0.3) is 0 Å². The summed E-state index contributed by atoms with van der Waals surface area (Å²) in [4.78, 5) is 12.5. The zero-order valence-corrected chi connectivity index (χ0v) is 12.0. The first-order valence-electron chi connectivity index (χ1n) is 6.86. The molecule has 1 saturated heterocycles. The van der Waals surface area contributed by atoms with Gasteiger partial charge in [-0.05, 0) is 26.2 Å². The first-order chi connectivity index (χ1) is 9.65. The zero-order chi connectivity index (χ0) is 14.4. The Bertz CT molecular complexity index is 436. The van der Waals surface area contributed by atoms with Gasteiger partial charge in [-0.25, -0.2) is 5.84 Å². The van der Waals surface area contributed by atoms with Crippen LogP contribution in [0.3, 0.4) is 0 Å². The highest BCUT2D eigenvalue weighted by Crippen LogP contribution is 2.23. The molecule has 0 aliphatic carbocycles. The Labute approximate surface area is 118 Å². The summed E-state index contributed by atoms with van der Waals surface area (Å²) in [7, 11) is 0. The lowest BCUT2D eigenvalue weighted by atomic mass is 9.95. The van der Waals surface area contributed by atoms with Crippen LogP contribution in [0.1, 0.15) is 33.1 Å². The highest BCUT2D eigenvalue weighted by Gasteiger charge is 2.28. The van der Waals surface area contributed by atoms with Crippen molar-refractivity contribution in [3.05, 3.63) is 0 Å². The van der Waals surface area contributed by atoms with Crippen LogP contribution in [0.15, 0.2) is 0 Å². The van der Waals surface area contributed by atoms with E-state index in [1.165, 1.54) is 0 Å². The molecule has 0 spiro atoms. The summed E-state index contributed by atoms with van der Waals surface area (Å²) in [5.41, 5.74) is 2.23. The number of hydrazine groups is 1. The lowest BCUT2D eigenvalue weighted by molar-refractivity contribution is 0.0537. The minimum Gasteiger partial charge on any atom is -0.463 e. The Balaban J connectivity index is 2.12. The molecule has 8 heteroatoms. The lowest BCUT2D eigenvalue weighted by Crippen LogP contribution is -2.43. The minimum atomic E-state index is -0.187. The standard InChI is InChI=1S/C12H22N6O2/c1-3-6-20-11-15-9(14-10(16-11)18-13)17-12(2)5-4-7-19-8-12/h3-8,13H2,1-2H3,(H2,14,15,16,17,18). The van der Waals surface area contributed by atoms with Crippen molar-refractivity contribution in [3.63, 3.8) is 0 Å². The molecule has 4 N–H and O–H groups in total. The monoisotopic (exact) mass is 282 g/mol. The van der Waals surface area contributed by atoms with Crippen molar-refractivity contribution in [3.8, 4) is 6.01 Å². The molecule has 0 aromatic carbocycles. The molecule has 1 aromatic heterocycles. The van der Waals surface area contributed by atoms with Gasteiger partial charge in [0, 0.05) is 6.61 Å². The van der Waals surface area contributed by atoms with E-state index >= 15 is 0 Å². The number of hydrogen-bond acceptors (Lipinski definition) is 8. The largest absolute Gasteiger partial charge is 0.463 e. The van der Waals surface area contributed by atoms with Crippen LogP contribution in [0.5, 0.6) is 6.01 Å². The van der Waals surface area contributed by atoms with E-state index in [4.69, 9.17) is 15.3 Å². The van der Waals surface area contributed by atoms with Crippen LogP contribution in [0, 0.1) is 0 Å². The van der Waals surface area contributed by atoms with E-state index in [0.29, 0.717) is 19.2 Å². The predicted octanol–water partition coefficient (Wildman–Crippen LogP) is 0.927. The highest BCUT2D eigenvalue weighted by molar-refractivity contribution is 5.37. The number of nitrogens with zero attached hydrogens (tertiary/aromatic N) is 3. The fourth-order valence-electron chi connectivity index (χ4n) is 2.04. The van der Waals surface area contributed by atoms with Crippen molar-refractivity contribution >= 4 is 11.9 Å². The molecule has 1 fully saturated rings. The number of rotatable bonds is 6. The topological polar surface area (TPSA) is 107 Å². The van der Waals surface area contributed by atoms with E-state index in [-0.39, 0.29) is 17.5 Å². The molecule has 2 heterocycles. The van der Waals surface area contributed by atoms with Gasteiger partial charge in [-0.1, -0.05) is 6.92 Å². The van der Waals surface area contributed by atoms with Crippen molar-refractivity contribution in [2.75, 3.05) is 30.6 Å². The van der Waals surface area contributed by atoms with Crippen LogP contribution in [-0.2, 0) is 4.74 Å². The number of aromatic nitrogens is 3. The maximum absolute atomic E-state index is 5.50. The predicted molar refractivity (Wildman–Crippen MR) is 75.5 cm³/mol. The number of anilines is 2. The SMILES string of the molecule is CCCOc1nc(NN)nc(NC2(C)CCCOC2)n1. The van der Waals surface area contributed by atoms with E-state index in [1.54, 1.807) is 0 Å². The van der Waals surface area contributed by atoms with Gasteiger partial charge >= 0.3 is 6.01 Å². The summed E-state index contributed by atoms with van der Waals surface area (Å²) < 4.78 is 10.9. The third kappa shape index (κ3) is 3.91. The van der Waals surface area contributed by atoms with Gasteiger partial charge in [0.2, 0.25) is 11.9 Å². The summed E-state index contributed by atoms with van der Waals surface area (Å²) in [6, 6.07) is 0.262. The Hall–Kier alpha value is -1.67. The number of nitrogens with two attached hydrogens (primary N) is 1. The van der Waals surface area contributed by atoms with Crippen molar-refractivity contribution in [1.82, 2.24) is 15.0 Å². The van der Waals surface area contributed by atoms with Crippen LogP contribution >= 0.6 is 0 Å². The first-order valence-corrected chi connectivity index (χ1v) is 6.86. The number of hydrogen-bond donors (Lipinski definition) is 3. The smallest absolute Gasteiger partial charge is 0.323 e. The van der Waals surface area contributed by atoms with Crippen LogP contribution in [0.4, 0.5) is 11.9 Å². The van der Waals surface area contributed by atoms with E-state index in [1.807, 2.05) is 6.92 Å². The van der Waals surface area contributed by atoms with Gasteiger partial charge in [0.1, 0.15) is 0 Å². The summed E-state index contributed by atoms with van der Waals surface area (Å²) in [6.45, 7) is 6.07. The molecular formula is C12H22N6O2. The molecule has 0 radical (unpaired) electrons. The molecule has 0 saturated carbocycles. The molecule has 20 heavy (non-hydrogen) atoms. The third-order valence-corrected chi connectivity index (χ3v) is 3.03.